The molecule has 0 spiro atoms. The molecule has 1 N–H and O–H groups in total. The minimum atomic E-state index is -4.39. The molecule has 2 aliphatic rings. The van der Waals surface area contributed by atoms with Crippen LogP contribution in [0.4, 0.5) is 23.7 Å². The Morgan fingerprint density at radius 1 is 1.15 bits per heavy atom. The van der Waals surface area contributed by atoms with E-state index >= 15 is 0 Å². The number of nitrogens with one attached hydrogen (secondary N) is 1. The molecule has 0 bridgehead atoms. The van der Waals surface area contributed by atoms with Crippen LogP contribution in [0.1, 0.15) is 12.8 Å². The number of pyridine rings is 1. The second-order valence-corrected chi connectivity index (χ2v) is 6.72. The molecule has 0 aromatic carbocycles. The zero-order chi connectivity index (χ0) is 19.4. The number of hydrogen-bond donors (Lipinski definition) is 1. The van der Waals surface area contributed by atoms with E-state index in [0.717, 1.165) is 4.90 Å². The molecule has 148 valence electrons. The van der Waals surface area contributed by atoms with Crippen LogP contribution < -0.4 is 5.32 Å². The van der Waals surface area contributed by atoms with Crippen LogP contribution in [0.5, 0.6) is 0 Å². The van der Waals surface area contributed by atoms with Gasteiger partial charge in [0.2, 0.25) is 5.91 Å². The van der Waals surface area contributed by atoms with Crippen LogP contribution in [-0.4, -0.2) is 83.1 Å². The maximum Gasteiger partial charge on any atom is 0.406 e. The number of urea groups is 1. The molecule has 1 aromatic rings. The van der Waals surface area contributed by atoms with Crippen molar-refractivity contribution in [2.45, 2.75) is 25.1 Å². The van der Waals surface area contributed by atoms with Gasteiger partial charge in [0.1, 0.15) is 6.54 Å². The van der Waals surface area contributed by atoms with E-state index in [-0.39, 0.29) is 12.6 Å². The SMILES string of the molecule is O=C(Nc1ccncc1)N1CCN(C2CCCN(CC(F)(F)F)C2=O)CC1. The fraction of sp³-hybridized carbons (Fsp3) is 0.588. The van der Waals surface area contributed by atoms with Gasteiger partial charge >= 0.3 is 12.2 Å². The summed E-state index contributed by atoms with van der Waals surface area (Å²) in [7, 11) is 0. The van der Waals surface area contributed by atoms with Gasteiger partial charge in [-0.2, -0.15) is 13.2 Å². The van der Waals surface area contributed by atoms with Crippen LogP contribution >= 0.6 is 0 Å². The molecule has 2 aliphatic heterocycles. The Morgan fingerprint density at radius 2 is 1.81 bits per heavy atom. The first-order valence-corrected chi connectivity index (χ1v) is 8.89. The molecule has 3 rings (SSSR count). The number of nitrogens with zero attached hydrogens (tertiary/aromatic N) is 4. The second kappa shape index (κ2) is 8.12. The van der Waals surface area contributed by atoms with Gasteiger partial charge in [-0.1, -0.05) is 0 Å². The summed E-state index contributed by atoms with van der Waals surface area (Å²) in [6.07, 6.45) is -0.128. The Hall–Kier alpha value is -2.36. The third kappa shape index (κ3) is 5.09. The predicted molar refractivity (Wildman–Crippen MR) is 92.1 cm³/mol. The quantitative estimate of drug-likeness (QED) is 0.861. The predicted octanol–water partition coefficient (Wildman–Crippen LogP) is 1.78. The Bertz CT molecular complexity index is 662. The number of alkyl halides is 3. The lowest BCUT2D eigenvalue weighted by Gasteiger charge is -2.42. The van der Waals surface area contributed by atoms with E-state index in [1.54, 1.807) is 29.4 Å². The minimum absolute atomic E-state index is 0.142. The lowest BCUT2D eigenvalue weighted by atomic mass is 10.0. The van der Waals surface area contributed by atoms with E-state index in [4.69, 9.17) is 0 Å². The average molecular weight is 385 g/mol. The summed E-state index contributed by atoms with van der Waals surface area (Å²) in [5.41, 5.74) is 0.641. The molecule has 1 atom stereocenters. The normalized spacial score (nSPS) is 22.0. The Morgan fingerprint density at radius 3 is 2.44 bits per heavy atom. The topological polar surface area (TPSA) is 68.8 Å². The van der Waals surface area contributed by atoms with Gasteiger partial charge < -0.3 is 15.1 Å². The van der Waals surface area contributed by atoms with Crippen LogP contribution in [0.25, 0.3) is 0 Å². The molecule has 2 fully saturated rings. The molecule has 3 heterocycles. The van der Waals surface area contributed by atoms with Gasteiger partial charge in [0.25, 0.3) is 0 Å². The van der Waals surface area contributed by atoms with Gasteiger partial charge in [-0.05, 0) is 25.0 Å². The zero-order valence-corrected chi connectivity index (χ0v) is 14.8. The molecular formula is C17H22F3N5O2. The van der Waals surface area contributed by atoms with E-state index in [9.17, 15) is 22.8 Å². The summed E-state index contributed by atoms with van der Waals surface area (Å²) in [5.74, 6) is -0.465. The first-order valence-electron chi connectivity index (χ1n) is 8.89. The van der Waals surface area contributed by atoms with Crippen molar-refractivity contribution in [3.63, 3.8) is 0 Å². The van der Waals surface area contributed by atoms with Crippen molar-refractivity contribution in [2.75, 3.05) is 44.6 Å². The standard InChI is InChI=1S/C17H22F3N5O2/c18-17(19,20)12-25-7-1-2-14(15(25)26)23-8-10-24(11-9-23)16(27)22-13-3-5-21-6-4-13/h3-6,14H,1-2,7-12H2,(H,21,22,27). The van der Waals surface area contributed by atoms with E-state index in [1.807, 2.05) is 4.90 Å². The van der Waals surface area contributed by atoms with Crippen LogP contribution in [0, 0.1) is 0 Å². The Balaban J connectivity index is 1.52. The molecular weight excluding hydrogens is 363 g/mol. The molecule has 10 heteroatoms. The molecule has 0 radical (unpaired) electrons. The molecule has 1 aromatic heterocycles. The van der Waals surface area contributed by atoms with Crippen molar-refractivity contribution in [3.05, 3.63) is 24.5 Å². The lowest BCUT2D eigenvalue weighted by Crippen LogP contribution is -2.59. The highest BCUT2D eigenvalue weighted by molar-refractivity contribution is 5.89. The van der Waals surface area contributed by atoms with Crippen molar-refractivity contribution < 1.29 is 22.8 Å². The summed E-state index contributed by atoms with van der Waals surface area (Å²) >= 11 is 0. The van der Waals surface area contributed by atoms with E-state index in [1.165, 1.54) is 0 Å². The van der Waals surface area contributed by atoms with Gasteiger partial charge in [0, 0.05) is 50.8 Å². The molecule has 0 saturated carbocycles. The summed E-state index contributed by atoms with van der Waals surface area (Å²) in [4.78, 5) is 33.1. The van der Waals surface area contributed by atoms with Gasteiger partial charge in [-0.3, -0.25) is 14.7 Å². The lowest BCUT2D eigenvalue weighted by molar-refractivity contribution is -0.168. The fourth-order valence-electron chi connectivity index (χ4n) is 3.51. The number of likely N-dealkylation sites (tertiary alicyclic amines) is 1. The highest BCUT2D eigenvalue weighted by atomic mass is 19.4. The average Bonchev–Trinajstić information content (AvgIpc) is 2.63. The van der Waals surface area contributed by atoms with E-state index in [2.05, 4.69) is 10.3 Å². The largest absolute Gasteiger partial charge is 0.406 e. The van der Waals surface area contributed by atoms with E-state index in [0.29, 0.717) is 44.7 Å². The molecule has 27 heavy (non-hydrogen) atoms. The highest BCUT2D eigenvalue weighted by Crippen LogP contribution is 2.23. The number of carbonyl (C=O) groups excluding carboxylic acids is 2. The maximum atomic E-state index is 12.6. The first kappa shape index (κ1) is 19.4. The number of piperazine rings is 1. The van der Waals surface area contributed by atoms with Gasteiger partial charge in [-0.15, -0.1) is 0 Å². The minimum Gasteiger partial charge on any atom is -0.332 e. The number of amides is 3. The summed E-state index contributed by atoms with van der Waals surface area (Å²) < 4.78 is 37.9. The Kier molecular flexibility index (Phi) is 5.83. The third-order valence-electron chi connectivity index (χ3n) is 4.85. The number of piperidine rings is 1. The maximum absolute atomic E-state index is 12.6. The molecule has 1 unspecified atom stereocenters. The molecule has 3 amide bonds. The van der Waals surface area contributed by atoms with Gasteiger partial charge in [0.05, 0.1) is 6.04 Å². The number of hydrogen-bond acceptors (Lipinski definition) is 4. The van der Waals surface area contributed by atoms with Crippen LogP contribution in [-0.2, 0) is 4.79 Å². The second-order valence-electron chi connectivity index (χ2n) is 6.72. The number of rotatable bonds is 3. The highest BCUT2D eigenvalue weighted by Gasteiger charge is 2.40. The van der Waals surface area contributed by atoms with Crippen molar-refractivity contribution >= 4 is 17.6 Å². The fourth-order valence-corrected chi connectivity index (χ4v) is 3.51. The monoisotopic (exact) mass is 385 g/mol. The number of halogens is 3. The number of carbonyl (C=O) groups is 2. The number of aromatic nitrogens is 1. The molecule has 2 saturated heterocycles. The van der Waals surface area contributed by atoms with E-state index < -0.39 is 24.7 Å². The van der Waals surface area contributed by atoms with Crippen molar-refractivity contribution in [1.29, 1.82) is 0 Å². The smallest absolute Gasteiger partial charge is 0.332 e. The summed E-state index contributed by atoms with van der Waals surface area (Å²) in [6, 6.07) is 2.59. The van der Waals surface area contributed by atoms with Crippen LogP contribution in [0.3, 0.4) is 0 Å². The third-order valence-corrected chi connectivity index (χ3v) is 4.85. The van der Waals surface area contributed by atoms with Crippen LogP contribution in [0.15, 0.2) is 24.5 Å². The summed E-state index contributed by atoms with van der Waals surface area (Å²) in [5, 5.41) is 2.78. The zero-order valence-electron chi connectivity index (χ0n) is 14.8. The van der Waals surface area contributed by atoms with Crippen molar-refractivity contribution in [3.8, 4) is 0 Å². The first-order chi connectivity index (χ1) is 12.8. The van der Waals surface area contributed by atoms with Gasteiger partial charge in [-0.25, -0.2) is 4.79 Å². The van der Waals surface area contributed by atoms with Crippen LogP contribution in [0.2, 0.25) is 0 Å². The molecule has 7 nitrogen and oxygen atoms in total. The van der Waals surface area contributed by atoms with Crippen molar-refractivity contribution in [2.24, 2.45) is 0 Å². The number of anilines is 1. The van der Waals surface area contributed by atoms with Gasteiger partial charge in [0.15, 0.2) is 0 Å². The molecule has 0 aliphatic carbocycles. The summed E-state index contributed by atoms with van der Waals surface area (Å²) in [6.45, 7) is 0.694. The Labute approximate surface area is 155 Å². The van der Waals surface area contributed by atoms with Crippen molar-refractivity contribution in [1.82, 2.24) is 19.7 Å².